The van der Waals surface area contributed by atoms with Crippen LogP contribution >= 0.6 is 0 Å². The predicted molar refractivity (Wildman–Crippen MR) is 128 cm³/mol. The van der Waals surface area contributed by atoms with Crippen LogP contribution in [0.15, 0.2) is 65.7 Å². The second kappa shape index (κ2) is 8.53. The molecule has 10 heteroatoms. The van der Waals surface area contributed by atoms with Crippen LogP contribution in [-0.2, 0) is 10.0 Å². The Bertz CT molecular complexity index is 1240. The Hall–Kier alpha value is -3.37. The lowest BCUT2D eigenvalue weighted by Crippen LogP contribution is -2.54. The van der Waals surface area contributed by atoms with Gasteiger partial charge >= 0.3 is 0 Å². The van der Waals surface area contributed by atoms with Crippen molar-refractivity contribution >= 4 is 33.2 Å². The predicted octanol–water partition coefficient (Wildman–Crippen LogP) is 2.73. The molecule has 2 aromatic carbocycles. The maximum absolute atomic E-state index is 11.7. The quantitative estimate of drug-likeness (QED) is 0.570. The minimum atomic E-state index is -3.80. The van der Waals surface area contributed by atoms with Crippen LogP contribution in [0.3, 0.4) is 0 Å². The van der Waals surface area contributed by atoms with Gasteiger partial charge in [-0.2, -0.15) is 4.98 Å². The Morgan fingerprint density at radius 3 is 2.45 bits per heavy atom. The third kappa shape index (κ3) is 4.31. The highest BCUT2D eigenvalue weighted by molar-refractivity contribution is 7.89. The van der Waals surface area contributed by atoms with Crippen molar-refractivity contribution in [3.63, 3.8) is 0 Å². The number of ether oxygens (including phenoxy) is 1. The number of primary sulfonamides is 1. The summed E-state index contributed by atoms with van der Waals surface area (Å²) in [4.78, 5) is 13.9. The molecule has 3 N–H and O–H groups in total. The fraction of sp³-hybridized carbons (Fsp3) is 0.304. The lowest BCUT2D eigenvalue weighted by atomic mass is 10.1. The summed E-state index contributed by atoms with van der Waals surface area (Å²) in [5.74, 6) is 1.68. The van der Waals surface area contributed by atoms with Gasteiger partial charge in [-0.1, -0.05) is 24.3 Å². The Kier molecular flexibility index (Phi) is 5.55. The first-order valence-electron chi connectivity index (χ1n) is 10.8. The highest BCUT2D eigenvalue weighted by Gasteiger charge is 2.41. The topological polar surface area (TPSA) is 114 Å². The summed E-state index contributed by atoms with van der Waals surface area (Å²) in [5.41, 5.74) is 1.79. The fourth-order valence-electron chi connectivity index (χ4n) is 4.77. The Morgan fingerprint density at radius 1 is 1.06 bits per heavy atom. The van der Waals surface area contributed by atoms with E-state index in [0.29, 0.717) is 29.5 Å². The summed E-state index contributed by atoms with van der Waals surface area (Å²) in [5, 5.41) is 8.33. The summed E-state index contributed by atoms with van der Waals surface area (Å²) < 4.78 is 28.9. The first kappa shape index (κ1) is 21.5. The van der Waals surface area contributed by atoms with Crippen LogP contribution in [0.2, 0.25) is 0 Å². The standard InChI is InChI=1S/C23H26N6O3S/c1-32-21-13-25-23(26-16-6-5-9-20(12-16)33(24,30)31)27-22(21)28-14-18-10-11-19(15-28)29(18)17-7-3-2-4-8-17/h2-9,12-13,18-19H,10-11,14-15H2,1H3,(H2,24,30,31)(H,25,26,27). The Morgan fingerprint density at radius 2 is 1.79 bits per heavy atom. The average molecular weight is 467 g/mol. The van der Waals surface area contributed by atoms with E-state index in [0.717, 1.165) is 31.7 Å². The van der Waals surface area contributed by atoms with Crippen LogP contribution in [0.4, 0.5) is 23.1 Å². The Balaban J connectivity index is 1.40. The number of hydrogen-bond donors (Lipinski definition) is 2. The zero-order chi connectivity index (χ0) is 23.0. The molecule has 3 heterocycles. The van der Waals surface area contributed by atoms with Gasteiger partial charge in [0.15, 0.2) is 11.6 Å². The van der Waals surface area contributed by atoms with E-state index in [2.05, 4.69) is 44.4 Å². The molecule has 2 unspecified atom stereocenters. The zero-order valence-corrected chi connectivity index (χ0v) is 19.1. The first-order chi connectivity index (χ1) is 15.9. The number of piperazine rings is 1. The molecule has 172 valence electrons. The number of nitrogens with zero attached hydrogens (tertiary/aromatic N) is 4. The number of anilines is 4. The summed E-state index contributed by atoms with van der Waals surface area (Å²) >= 11 is 0. The fourth-order valence-corrected chi connectivity index (χ4v) is 5.33. The van der Waals surface area contributed by atoms with Crippen molar-refractivity contribution in [3.05, 3.63) is 60.8 Å². The van der Waals surface area contributed by atoms with E-state index in [9.17, 15) is 8.42 Å². The van der Waals surface area contributed by atoms with Crippen molar-refractivity contribution in [2.45, 2.75) is 29.8 Å². The molecule has 5 rings (SSSR count). The molecule has 2 fully saturated rings. The molecule has 0 saturated carbocycles. The minimum absolute atomic E-state index is 0.0230. The summed E-state index contributed by atoms with van der Waals surface area (Å²) in [6.45, 7) is 1.66. The lowest BCUT2D eigenvalue weighted by molar-refractivity contribution is 0.407. The van der Waals surface area contributed by atoms with Gasteiger partial charge in [0, 0.05) is 36.5 Å². The highest BCUT2D eigenvalue weighted by atomic mass is 32.2. The van der Waals surface area contributed by atoms with Gasteiger partial charge in [0.2, 0.25) is 16.0 Å². The van der Waals surface area contributed by atoms with Gasteiger partial charge in [0.05, 0.1) is 18.2 Å². The molecule has 2 aliphatic heterocycles. The van der Waals surface area contributed by atoms with Crippen molar-refractivity contribution in [1.29, 1.82) is 0 Å². The largest absolute Gasteiger partial charge is 0.491 e. The van der Waals surface area contributed by atoms with Crippen molar-refractivity contribution in [2.75, 3.05) is 35.3 Å². The number of para-hydroxylation sites is 1. The number of fused-ring (bicyclic) bond motifs is 2. The minimum Gasteiger partial charge on any atom is -0.491 e. The number of benzene rings is 2. The highest BCUT2D eigenvalue weighted by Crippen LogP contribution is 2.38. The third-order valence-electron chi connectivity index (χ3n) is 6.21. The smallest absolute Gasteiger partial charge is 0.238 e. The molecule has 33 heavy (non-hydrogen) atoms. The average Bonchev–Trinajstić information content (AvgIpc) is 3.08. The van der Waals surface area contributed by atoms with Crippen LogP contribution in [0.1, 0.15) is 12.8 Å². The molecular formula is C23H26N6O3S. The van der Waals surface area contributed by atoms with Gasteiger partial charge in [-0.25, -0.2) is 18.5 Å². The second-order valence-electron chi connectivity index (χ2n) is 8.32. The zero-order valence-electron chi connectivity index (χ0n) is 18.3. The van der Waals surface area contributed by atoms with Crippen molar-refractivity contribution in [3.8, 4) is 5.75 Å². The number of aromatic nitrogens is 2. The van der Waals surface area contributed by atoms with E-state index in [1.807, 2.05) is 6.07 Å². The Labute approximate surface area is 193 Å². The molecule has 1 aromatic heterocycles. The summed E-state index contributed by atoms with van der Waals surface area (Å²) in [6, 6.07) is 17.6. The van der Waals surface area contributed by atoms with E-state index >= 15 is 0 Å². The van der Waals surface area contributed by atoms with Crippen molar-refractivity contribution < 1.29 is 13.2 Å². The molecule has 2 bridgehead atoms. The maximum Gasteiger partial charge on any atom is 0.238 e. The molecule has 2 atom stereocenters. The number of nitrogens with two attached hydrogens (primary N) is 1. The molecule has 2 aliphatic rings. The monoisotopic (exact) mass is 466 g/mol. The van der Waals surface area contributed by atoms with Gasteiger partial charge in [0.1, 0.15) is 0 Å². The molecule has 9 nitrogen and oxygen atoms in total. The molecule has 0 aliphatic carbocycles. The van der Waals surface area contributed by atoms with E-state index in [-0.39, 0.29) is 4.90 Å². The van der Waals surface area contributed by atoms with Gasteiger partial charge in [-0.05, 0) is 43.2 Å². The molecule has 0 amide bonds. The molecule has 0 spiro atoms. The molecular weight excluding hydrogens is 440 g/mol. The van der Waals surface area contributed by atoms with Crippen LogP contribution in [-0.4, -0.2) is 50.7 Å². The normalized spacial score (nSPS) is 20.1. The first-order valence-corrected chi connectivity index (χ1v) is 12.4. The van der Waals surface area contributed by atoms with E-state index in [4.69, 9.17) is 14.9 Å². The van der Waals surface area contributed by atoms with E-state index in [1.54, 1.807) is 25.4 Å². The van der Waals surface area contributed by atoms with E-state index in [1.165, 1.54) is 17.8 Å². The van der Waals surface area contributed by atoms with Crippen LogP contribution < -0.4 is 25.0 Å². The van der Waals surface area contributed by atoms with Gasteiger partial charge < -0.3 is 19.9 Å². The van der Waals surface area contributed by atoms with Crippen molar-refractivity contribution in [1.82, 2.24) is 9.97 Å². The summed E-state index contributed by atoms with van der Waals surface area (Å²) in [7, 11) is -2.19. The number of nitrogens with one attached hydrogen (secondary N) is 1. The number of hydrogen-bond acceptors (Lipinski definition) is 8. The maximum atomic E-state index is 11.7. The number of methoxy groups -OCH3 is 1. The lowest BCUT2D eigenvalue weighted by Gasteiger charge is -2.43. The second-order valence-corrected chi connectivity index (χ2v) is 9.88. The number of rotatable bonds is 6. The molecule has 3 aromatic rings. The van der Waals surface area contributed by atoms with E-state index < -0.39 is 10.0 Å². The van der Waals surface area contributed by atoms with Gasteiger partial charge in [-0.15, -0.1) is 0 Å². The number of sulfonamides is 1. The SMILES string of the molecule is COc1cnc(Nc2cccc(S(N)(=O)=O)c2)nc1N1CC2CCC(C1)N2c1ccccc1. The van der Waals surface area contributed by atoms with Crippen LogP contribution in [0, 0.1) is 0 Å². The third-order valence-corrected chi connectivity index (χ3v) is 7.12. The van der Waals surface area contributed by atoms with Gasteiger partial charge in [-0.3, -0.25) is 0 Å². The summed E-state index contributed by atoms with van der Waals surface area (Å²) in [6.07, 6.45) is 3.91. The molecule has 0 radical (unpaired) electrons. The van der Waals surface area contributed by atoms with Gasteiger partial charge in [0.25, 0.3) is 0 Å². The molecule has 2 saturated heterocycles. The van der Waals surface area contributed by atoms with Crippen LogP contribution in [0.25, 0.3) is 0 Å². The van der Waals surface area contributed by atoms with Crippen molar-refractivity contribution in [2.24, 2.45) is 5.14 Å². The van der Waals surface area contributed by atoms with Crippen LogP contribution in [0.5, 0.6) is 5.75 Å².